The van der Waals surface area contributed by atoms with E-state index in [0.717, 1.165) is 38.6 Å². The molecule has 0 saturated carbocycles. The van der Waals surface area contributed by atoms with Crippen molar-refractivity contribution in [2.75, 3.05) is 6.54 Å². The van der Waals surface area contributed by atoms with Gasteiger partial charge in [0.25, 0.3) is 5.91 Å². The number of carbonyl (C=O) groups is 2. The van der Waals surface area contributed by atoms with E-state index in [1.54, 1.807) is 0 Å². The average Bonchev–Trinajstić information content (AvgIpc) is 3.25. The molecule has 2 aliphatic rings. The van der Waals surface area contributed by atoms with E-state index in [1.165, 1.54) is 5.56 Å². The van der Waals surface area contributed by atoms with Gasteiger partial charge >= 0.3 is 5.97 Å². The highest BCUT2D eigenvalue weighted by molar-refractivity contribution is 5.83. The number of aryl methyl sites for hydroxylation is 1. The monoisotopic (exact) mass is 331 g/mol. The Kier molecular flexibility index (Phi) is 5.51. The zero-order valence-electron chi connectivity index (χ0n) is 13.9. The number of nitrogens with zero attached hydrogens (tertiary/aromatic N) is 1. The highest BCUT2D eigenvalue weighted by atomic mass is 16.5. The summed E-state index contributed by atoms with van der Waals surface area (Å²) in [6.45, 7) is 0.770. The zero-order valence-corrected chi connectivity index (χ0v) is 13.9. The second-order valence-electron chi connectivity index (χ2n) is 6.73. The van der Waals surface area contributed by atoms with Crippen molar-refractivity contribution in [3.05, 3.63) is 35.9 Å². The van der Waals surface area contributed by atoms with Crippen molar-refractivity contribution in [1.82, 2.24) is 4.90 Å². The molecule has 0 spiro atoms. The van der Waals surface area contributed by atoms with Gasteiger partial charge in [-0.1, -0.05) is 30.3 Å². The minimum Gasteiger partial charge on any atom is -0.479 e. The Bertz CT molecular complexity index is 574. The number of likely N-dealkylation sites (tertiary alicyclic amines) is 1. The molecule has 5 heteroatoms. The van der Waals surface area contributed by atoms with Crippen LogP contribution in [0.5, 0.6) is 0 Å². The molecular weight excluding hydrogens is 306 g/mol. The van der Waals surface area contributed by atoms with Crippen molar-refractivity contribution < 1.29 is 19.4 Å². The predicted molar refractivity (Wildman–Crippen MR) is 89.6 cm³/mol. The molecule has 2 aliphatic heterocycles. The lowest BCUT2D eigenvalue weighted by Crippen LogP contribution is -2.42. The predicted octanol–water partition coefficient (Wildman–Crippen LogP) is 2.63. The third-order valence-corrected chi connectivity index (χ3v) is 5.08. The van der Waals surface area contributed by atoms with E-state index in [4.69, 9.17) is 9.84 Å². The van der Waals surface area contributed by atoms with Crippen LogP contribution >= 0.6 is 0 Å². The molecule has 0 bridgehead atoms. The van der Waals surface area contributed by atoms with Crippen LogP contribution in [0.4, 0.5) is 0 Å². The molecule has 2 heterocycles. The number of hydrogen-bond acceptors (Lipinski definition) is 3. The van der Waals surface area contributed by atoms with Gasteiger partial charge in [0, 0.05) is 12.6 Å². The molecule has 1 aromatic carbocycles. The summed E-state index contributed by atoms with van der Waals surface area (Å²) in [6, 6.07) is 10.7. The Morgan fingerprint density at radius 3 is 2.58 bits per heavy atom. The zero-order chi connectivity index (χ0) is 16.9. The van der Waals surface area contributed by atoms with Crippen LogP contribution in [0.1, 0.15) is 44.1 Å². The molecule has 1 amide bonds. The van der Waals surface area contributed by atoms with Crippen LogP contribution in [-0.2, 0) is 20.7 Å². The molecule has 0 aliphatic carbocycles. The summed E-state index contributed by atoms with van der Waals surface area (Å²) >= 11 is 0. The number of benzene rings is 1. The summed E-state index contributed by atoms with van der Waals surface area (Å²) in [5, 5.41) is 9.00. The fourth-order valence-electron chi connectivity index (χ4n) is 3.80. The summed E-state index contributed by atoms with van der Waals surface area (Å²) in [7, 11) is 0. The first kappa shape index (κ1) is 17.0. The first-order valence-corrected chi connectivity index (χ1v) is 8.88. The van der Waals surface area contributed by atoms with Gasteiger partial charge in [-0.2, -0.15) is 0 Å². The number of ether oxygens (including phenoxy) is 1. The Morgan fingerprint density at radius 1 is 1.12 bits per heavy atom. The lowest BCUT2D eigenvalue weighted by molar-refractivity contribution is -0.155. The van der Waals surface area contributed by atoms with Crippen LogP contribution in [0.2, 0.25) is 0 Å². The number of rotatable bonds is 6. The molecule has 0 aromatic heterocycles. The van der Waals surface area contributed by atoms with Gasteiger partial charge in [0.1, 0.15) is 6.10 Å². The second kappa shape index (κ2) is 7.79. The van der Waals surface area contributed by atoms with E-state index in [1.807, 2.05) is 11.0 Å². The maximum absolute atomic E-state index is 12.7. The minimum absolute atomic E-state index is 0.0130. The lowest BCUT2D eigenvalue weighted by Gasteiger charge is -2.27. The van der Waals surface area contributed by atoms with Gasteiger partial charge in [0.15, 0.2) is 6.10 Å². The summed E-state index contributed by atoms with van der Waals surface area (Å²) in [5.41, 5.74) is 1.33. The highest BCUT2D eigenvalue weighted by Gasteiger charge is 2.39. The second-order valence-corrected chi connectivity index (χ2v) is 6.73. The van der Waals surface area contributed by atoms with Gasteiger partial charge in [-0.25, -0.2) is 4.79 Å². The number of carbonyl (C=O) groups excluding carboxylic acids is 1. The van der Waals surface area contributed by atoms with E-state index in [2.05, 4.69) is 24.3 Å². The molecule has 2 fully saturated rings. The summed E-state index contributed by atoms with van der Waals surface area (Å²) in [4.78, 5) is 25.6. The Labute approximate surface area is 142 Å². The number of hydrogen-bond donors (Lipinski definition) is 1. The third-order valence-electron chi connectivity index (χ3n) is 5.08. The Morgan fingerprint density at radius 2 is 1.88 bits per heavy atom. The number of carboxylic acids is 1. The minimum atomic E-state index is -0.967. The van der Waals surface area contributed by atoms with Gasteiger partial charge in [0.05, 0.1) is 0 Å². The molecular formula is C19H25NO4. The van der Waals surface area contributed by atoms with Crippen molar-refractivity contribution in [3.8, 4) is 0 Å². The highest BCUT2D eigenvalue weighted by Crippen LogP contribution is 2.27. The first-order valence-electron chi connectivity index (χ1n) is 8.88. The molecule has 2 saturated heterocycles. The van der Waals surface area contributed by atoms with Gasteiger partial charge in [-0.15, -0.1) is 0 Å². The van der Waals surface area contributed by atoms with E-state index in [9.17, 15) is 9.59 Å². The SMILES string of the molecule is O=C(O)[C@H]1CC[C@@H](C(=O)N2CCCC2CCCc2ccccc2)O1. The van der Waals surface area contributed by atoms with Crippen LogP contribution in [0.25, 0.3) is 0 Å². The van der Waals surface area contributed by atoms with Crippen molar-refractivity contribution >= 4 is 11.9 Å². The maximum atomic E-state index is 12.7. The van der Waals surface area contributed by atoms with Crippen LogP contribution in [-0.4, -0.2) is 46.7 Å². The van der Waals surface area contributed by atoms with Crippen molar-refractivity contribution in [2.45, 2.75) is 63.2 Å². The fraction of sp³-hybridized carbons (Fsp3) is 0.579. The molecule has 3 rings (SSSR count). The van der Waals surface area contributed by atoms with Gasteiger partial charge < -0.3 is 14.7 Å². The van der Waals surface area contributed by atoms with Gasteiger partial charge in [0.2, 0.25) is 0 Å². The van der Waals surface area contributed by atoms with Crippen LogP contribution in [0, 0.1) is 0 Å². The normalized spacial score (nSPS) is 26.7. The fourth-order valence-corrected chi connectivity index (χ4v) is 3.80. The maximum Gasteiger partial charge on any atom is 0.332 e. The number of amides is 1. The quantitative estimate of drug-likeness (QED) is 0.870. The van der Waals surface area contributed by atoms with Gasteiger partial charge in [-0.3, -0.25) is 4.79 Å². The number of aliphatic carboxylic acids is 1. The van der Waals surface area contributed by atoms with Crippen molar-refractivity contribution in [3.63, 3.8) is 0 Å². The van der Waals surface area contributed by atoms with Crippen LogP contribution in [0.3, 0.4) is 0 Å². The summed E-state index contributed by atoms with van der Waals surface area (Å²) < 4.78 is 5.43. The summed E-state index contributed by atoms with van der Waals surface area (Å²) in [5.74, 6) is -0.980. The smallest absolute Gasteiger partial charge is 0.332 e. The molecule has 24 heavy (non-hydrogen) atoms. The topological polar surface area (TPSA) is 66.8 Å². The molecule has 0 radical (unpaired) electrons. The van der Waals surface area contributed by atoms with Crippen molar-refractivity contribution in [2.24, 2.45) is 0 Å². The van der Waals surface area contributed by atoms with E-state index in [-0.39, 0.29) is 11.9 Å². The van der Waals surface area contributed by atoms with E-state index < -0.39 is 18.2 Å². The third kappa shape index (κ3) is 3.96. The van der Waals surface area contributed by atoms with E-state index in [0.29, 0.717) is 12.8 Å². The molecule has 3 atom stereocenters. The summed E-state index contributed by atoms with van der Waals surface area (Å²) in [6.07, 6.45) is 4.70. The van der Waals surface area contributed by atoms with E-state index >= 15 is 0 Å². The van der Waals surface area contributed by atoms with Gasteiger partial charge in [-0.05, 0) is 50.5 Å². The first-order chi connectivity index (χ1) is 11.6. The Balaban J connectivity index is 1.50. The molecule has 130 valence electrons. The largest absolute Gasteiger partial charge is 0.479 e. The van der Waals surface area contributed by atoms with Crippen LogP contribution < -0.4 is 0 Å². The Hall–Kier alpha value is -1.88. The molecule has 1 N–H and O–H groups in total. The molecule has 1 aromatic rings. The standard InChI is InChI=1S/C19H25NO4/c21-18(16-11-12-17(24-16)19(22)23)20-13-5-10-15(20)9-4-8-14-6-2-1-3-7-14/h1-3,6-7,15-17H,4-5,8-13H2,(H,22,23)/t15?,16-,17+/m0/s1. The van der Waals surface area contributed by atoms with Crippen LogP contribution in [0.15, 0.2) is 30.3 Å². The number of carboxylic acid groups (broad SMARTS) is 1. The average molecular weight is 331 g/mol. The molecule has 5 nitrogen and oxygen atoms in total. The lowest BCUT2D eigenvalue weighted by atomic mass is 10.0. The molecule has 1 unspecified atom stereocenters. The van der Waals surface area contributed by atoms with Crippen molar-refractivity contribution in [1.29, 1.82) is 0 Å².